The van der Waals surface area contributed by atoms with E-state index in [2.05, 4.69) is 11.4 Å². The largest absolute Gasteiger partial charge is 0.481 e. The summed E-state index contributed by atoms with van der Waals surface area (Å²) >= 11 is 6.12. The van der Waals surface area contributed by atoms with Gasteiger partial charge in [-0.05, 0) is 68.5 Å². The van der Waals surface area contributed by atoms with Crippen LogP contribution in [0, 0.1) is 13.8 Å². The van der Waals surface area contributed by atoms with Gasteiger partial charge in [-0.1, -0.05) is 35.9 Å². The first-order valence-electron chi connectivity index (χ1n) is 8.22. The van der Waals surface area contributed by atoms with Crippen LogP contribution in [-0.4, -0.2) is 18.6 Å². The number of aryl methyl sites for hydroxylation is 3. The van der Waals surface area contributed by atoms with Crippen LogP contribution in [0.2, 0.25) is 5.02 Å². The molecule has 4 heteroatoms. The maximum Gasteiger partial charge on any atom is 0.260 e. The van der Waals surface area contributed by atoms with Crippen LogP contribution in [0.25, 0.3) is 0 Å². The highest BCUT2D eigenvalue weighted by molar-refractivity contribution is 6.31. The van der Waals surface area contributed by atoms with Crippen molar-refractivity contribution in [1.82, 2.24) is 5.32 Å². The zero-order valence-corrected chi connectivity index (χ0v) is 15.2. The maximum absolute atomic E-state index is 12.1. The molecule has 2 aromatic carbocycles. The summed E-state index contributed by atoms with van der Waals surface area (Å²) < 4.78 is 5.74. The Morgan fingerprint density at radius 3 is 2.50 bits per heavy atom. The van der Waals surface area contributed by atoms with Crippen LogP contribution in [0.3, 0.4) is 0 Å². The summed E-state index contributed by atoms with van der Waals surface area (Å²) in [5, 5.41) is 3.69. The molecular formula is C20H24ClNO2. The van der Waals surface area contributed by atoms with E-state index in [0.717, 1.165) is 40.3 Å². The van der Waals surface area contributed by atoms with Crippen LogP contribution < -0.4 is 10.1 Å². The molecule has 0 fully saturated rings. The average Bonchev–Trinajstić information content (AvgIpc) is 2.51. The predicted octanol–water partition coefficient (Wildman–Crippen LogP) is 4.47. The molecule has 1 atom stereocenters. The van der Waals surface area contributed by atoms with E-state index in [0.29, 0.717) is 6.54 Å². The molecule has 0 aliphatic carbocycles. The molecule has 0 heterocycles. The lowest BCUT2D eigenvalue weighted by Crippen LogP contribution is -2.37. The fourth-order valence-electron chi connectivity index (χ4n) is 2.59. The molecule has 2 rings (SSSR count). The molecule has 0 saturated carbocycles. The lowest BCUT2D eigenvalue weighted by molar-refractivity contribution is -0.127. The number of benzene rings is 2. The van der Waals surface area contributed by atoms with Crippen molar-refractivity contribution in [3.05, 3.63) is 64.2 Å². The lowest BCUT2D eigenvalue weighted by atomic mass is 10.1. The van der Waals surface area contributed by atoms with Gasteiger partial charge in [-0.2, -0.15) is 0 Å². The van der Waals surface area contributed by atoms with Gasteiger partial charge in [0.05, 0.1) is 0 Å². The fourth-order valence-corrected chi connectivity index (χ4v) is 2.82. The minimum absolute atomic E-state index is 0.103. The first-order chi connectivity index (χ1) is 11.5. The van der Waals surface area contributed by atoms with Gasteiger partial charge in [-0.25, -0.2) is 0 Å². The van der Waals surface area contributed by atoms with E-state index in [4.69, 9.17) is 16.3 Å². The third kappa shape index (κ3) is 5.57. The summed E-state index contributed by atoms with van der Waals surface area (Å²) in [4.78, 5) is 12.1. The summed E-state index contributed by atoms with van der Waals surface area (Å²) in [5.74, 6) is 0.625. The van der Waals surface area contributed by atoms with Crippen LogP contribution >= 0.6 is 11.6 Å². The highest BCUT2D eigenvalue weighted by Crippen LogP contribution is 2.18. The van der Waals surface area contributed by atoms with Crippen LogP contribution in [0.4, 0.5) is 0 Å². The number of hydrogen-bond donors (Lipinski definition) is 1. The Morgan fingerprint density at radius 1 is 1.17 bits per heavy atom. The molecule has 3 nitrogen and oxygen atoms in total. The monoisotopic (exact) mass is 345 g/mol. The van der Waals surface area contributed by atoms with Crippen molar-refractivity contribution >= 4 is 17.5 Å². The number of rotatable bonds is 7. The van der Waals surface area contributed by atoms with Crippen molar-refractivity contribution < 1.29 is 9.53 Å². The SMILES string of the molecule is Cc1cc(C)cc(O[C@H](C)C(=O)NCCCc2ccccc2Cl)c1. The Labute approximate surface area is 149 Å². The van der Waals surface area contributed by atoms with Gasteiger partial charge in [0, 0.05) is 11.6 Å². The molecule has 1 N–H and O–H groups in total. The van der Waals surface area contributed by atoms with Crippen molar-refractivity contribution in [1.29, 1.82) is 0 Å². The molecule has 0 radical (unpaired) electrons. The number of hydrogen-bond acceptors (Lipinski definition) is 2. The molecule has 0 unspecified atom stereocenters. The highest BCUT2D eigenvalue weighted by atomic mass is 35.5. The molecule has 0 bridgehead atoms. The van der Waals surface area contributed by atoms with Gasteiger partial charge in [0.15, 0.2) is 6.10 Å². The molecule has 0 saturated heterocycles. The second kappa shape index (κ2) is 8.74. The Balaban J connectivity index is 1.76. The van der Waals surface area contributed by atoms with Gasteiger partial charge in [-0.15, -0.1) is 0 Å². The smallest absolute Gasteiger partial charge is 0.260 e. The quantitative estimate of drug-likeness (QED) is 0.752. The molecule has 2 aromatic rings. The van der Waals surface area contributed by atoms with Crippen molar-refractivity contribution in [3.8, 4) is 5.75 Å². The van der Waals surface area contributed by atoms with Crippen LogP contribution in [0.15, 0.2) is 42.5 Å². The summed E-state index contributed by atoms with van der Waals surface area (Å²) in [6.45, 7) is 6.39. The molecule has 0 aliphatic heterocycles. The van der Waals surface area contributed by atoms with Crippen molar-refractivity contribution in [2.75, 3.05) is 6.54 Å². The van der Waals surface area contributed by atoms with E-state index >= 15 is 0 Å². The van der Waals surface area contributed by atoms with Crippen molar-refractivity contribution in [3.63, 3.8) is 0 Å². The summed E-state index contributed by atoms with van der Waals surface area (Å²) in [6, 6.07) is 13.7. The van der Waals surface area contributed by atoms with E-state index in [1.54, 1.807) is 6.92 Å². The number of amides is 1. The first kappa shape index (κ1) is 18.3. The number of ether oxygens (including phenoxy) is 1. The van der Waals surface area contributed by atoms with Gasteiger partial charge < -0.3 is 10.1 Å². The van der Waals surface area contributed by atoms with Crippen LogP contribution in [0.1, 0.15) is 30.0 Å². The van der Waals surface area contributed by atoms with E-state index in [1.165, 1.54) is 0 Å². The van der Waals surface area contributed by atoms with E-state index < -0.39 is 6.10 Å². The minimum atomic E-state index is -0.522. The van der Waals surface area contributed by atoms with Crippen LogP contribution in [-0.2, 0) is 11.2 Å². The molecular weight excluding hydrogens is 322 g/mol. The fraction of sp³-hybridized carbons (Fsp3) is 0.350. The summed E-state index contributed by atoms with van der Waals surface area (Å²) in [5.41, 5.74) is 3.35. The van der Waals surface area contributed by atoms with Gasteiger partial charge >= 0.3 is 0 Å². The number of nitrogens with one attached hydrogen (secondary N) is 1. The Bertz CT molecular complexity index is 680. The van der Waals surface area contributed by atoms with E-state index in [9.17, 15) is 4.79 Å². The van der Waals surface area contributed by atoms with Crippen molar-refractivity contribution in [2.45, 2.75) is 39.7 Å². The zero-order chi connectivity index (χ0) is 17.5. The van der Waals surface area contributed by atoms with Gasteiger partial charge in [0.25, 0.3) is 5.91 Å². The highest BCUT2D eigenvalue weighted by Gasteiger charge is 2.14. The molecule has 0 aromatic heterocycles. The van der Waals surface area contributed by atoms with E-state index in [-0.39, 0.29) is 5.91 Å². The minimum Gasteiger partial charge on any atom is -0.481 e. The topological polar surface area (TPSA) is 38.3 Å². The first-order valence-corrected chi connectivity index (χ1v) is 8.59. The molecule has 24 heavy (non-hydrogen) atoms. The molecule has 0 aliphatic rings. The number of carbonyl (C=O) groups excluding carboxylic acids is 1. The standard InChI is InChI=1S/C20H24ClNO2/c1-14-11-15(2)13-18(12-14)24-16(3)20(23)22-10-6-8-17-7-4-5-9-19(17)21/h4-5,7,9,11-13,16H,6,8,10H2,1-3H3,(H,22,23)/t16-/m1/s1. The molecule has 128 valence electrons. The Kier molecular flexibility index (Phi) is 6.68. The van der Waals surface area contributed by atoms with Crippen molar-refractivity contribution in [2.24, 2.45) is 0 Å². The van der Waals surface area contributed by atoms with Gasteiger partial charge in [0.1, 0.15) is 5.75 Å². The Morgan fingerprint density at radius 2 is 1.83 bits per heavy atom. The third-order valence-corrected chi connectivity index (χ3v) is 4.13. The Hall–Kier alpha value is -2.00. The van der Waals surface area contributed by atoms with Crippen LogP contribution in [0.5, 0.6) is 5.75 Å². The normalized spacial score (nSPS) is 11.8. The summed E-state index contributed by atoms with van der Waals surface area (Å²) in [6.07, 6.45) is 1.16. The van der Waals surface area contributed by atoms with Gasteiger partial charge in [0.2, 0.25) is 0 Å². The van der Waals surface area contributed by atoms with Gasteiger partial charge in [-0.3, -0.25) is 4.79 Å². The second-order valence-corrected chi connectivity index (χ2v) is 6.48. The number of carbonyl (C=O) groups is 1. The third-order valence-electron chi connectivity index (χ3n) is 3.76. The molecule has 0 spiro atoms. The maximum atomic E-state index is 12.1. The summed E-state index contributed by atoms with van der Waals surface area (Å²) in [7, 11) is 0. The van der Waals surface area contributed by atoms with E-state index in [1.807, 2.05) is 50.2 Å². The second-order valence-electron chi connectivity index (χ2n) is 6.07. The number of halogens is 1. The molecule has 1 amide bonds. The lowest BCUT2D eigenvalue weighted by Gasteiger charge is -2.15. The zero-order valence-electron chi connectivity index (χ0n) is 14.4. The average molecular weight is 346 g/mol. The predicted molar refractivity (Wildman–Crippen MR) is 98.8 cm³/mol.